The number of sulfonamides is 1. The summed E-state index contributed by atoms with van der Waals surface area (Å²) >= 11 is 0. The number of nitrogens with zero attached hydrogens (tertiary/aromatic N) is 3. The fourth-order valence-corrected chi connectivity index (χ4v) is 3.96. The molecule has 1 saturated heterocycles. The summed E-state index contributed by atoms with van der Waals surface area (Å²) in [6.07, 6.45) is 1.58. The van der Waals surface area contributed by atoms with Crippen LogP contribution in [-0.4, -0.2) is 61.9 Å². The fraction of sp³-hybridized carbons (Fsp3) is 0.615. The van der Waals surface area contributed by atoms with Crippen molar-refractivity contribution in [2.45, 2.75) is 24.8 Å². The van der Waals surface area contributed by atoms with Crippen molar-refractivity contribution >= 4 is 15.8 Å². The molecule has 1 aromatic rings. The normalized spacial score (nSPS) is 18.4. The SMILES string of the molecule is CNc1ncccc1S(=O)(=O)N1CCN(C(C)C)CC1. The van der Waals surface area contributed by atoms with Gasteiger partial charge in [0.1, 0.15) is 10.7 Å². The Labute approximate surface area is 120 Å². The van der Waals surface area contributed by atoms with Crippen LogP contribution in [0, 0.1) is 0 Å². The third-order valence-electron chi connectivity index (χ3n) is 3.63. The van der Waals surface area contributed by atoms with Gasteiger partial charge in [0.05, 0.1) is 0 Å². The first-order chi connectivity index (χ1) is 9.46. The number of hydrogen-bond donors (Lipinski definition) is 1. The molecule has 0 radical (unpaired) electrons. The minimum atomic E-state index is -3.47. The minimum Gasteiger partial charge on any atom is -0.372 e. The monoisotopic (exact) mass is 298 g/mol. The van der Waals surface area contributed by atoms with Crippen molar-refractivity contribution in [3.8, 4) is 0 Å². The van der Waals surface area contributed by atoms with E-state index in [2.05, 4.69) is 29.0 Å². The van der Waals surface area contributed by atoms with Crippen molar-refractivity contribution in [3.63, 3.8) is 0 Å². The summed E-state index contributed by atoms with van der Waals surface area (Å²) in [6, 6.07) is 3.70. The van der Waals surface area contributed by atoms with Gasteiger partial charge in [0.15, 0.2) is 0 Å². The van der Waals surface area contributed by atoms with Crippen LogP contribution in [0.4, 0.5) is 5.82 Å². The Hall–Kier alpha value is -1.18. The topological polar surface area (TPSA) is 65.5 Å². The molecule has 6 nitrogen and oxygen atoms in total. The summed E-state index contributed by atoms with van der Waals surface area (Å²) in [6.45, 7) is 6.85. The van der Waals surface area contributed by atoms with Gasteiger partial charge in [-0.05, 0) is 26.0 Å². The molecule has 112 valence electrons. The summed E-state index contributed by atoms with van der Waals surface area (Å²) in [5.41, 5.74) is 0. The first-order valence-electron chi connectivity index (χ1n) is 6.83. The summed E-state index contributed by atoms with van der Waals surface area (Å²) in [7, 11) is -1.79. The van der Waals surface area contributed by atoms with E-state index in [4.69, 9.17) is 0 Å². The lowest BCUT2D eigenvalue weighted by atomic mass is 10.3. The molecule has 1 aliphatic heterocycles. The van der Waals surface area contributed by atoms with E-state index in [1.165, 1.54) is 0 Å². The number of aromatic nitrogens is 1. The zero-order valence-corrected chi connectivity index (χ0v) is 13.0. The highest BCUT2D eigenvalue weighted by Crippen LogP contribution is 2.23. The van der Waals surface area contributed by atoms with Crippen LogP contribution in [0.2, 0.25) is 0 Å². The highest BCUT2D eigenvalue weighted by atomic mass is 32.2. The van der Waals surface area contributed by atoms with E-state index in [0.29, 0.717) is 24.9 Å². The Bertz CT molecular complexity index is 551. The van der Waals surface area contributed by atoms with Crippen molar-refractivity contribution in [1.29, 1.82) is 0 Å². The number of hydrogen-bond acceptors (Lipinski definition) is 5. The van der Waals surface area contributed by atoms with E-state index < -0.39 is 10.0 Å². The molecule has 1 fully saturated rings. The summed E-state index contributed by atoms with van der Waals surface area (Å²) in [5.74, 6) is 0.402. The lowest BCUT2D eigenvalue weighted by Crippen LogP contribution is -2.50. The van der Waals surface area contributed by atoms with Crippen molar-refractivity contribution in [2.24, 2.45) is 0 Å². The first-order valence-corrected chi connectivity index (χ1v) is 8.28. The number of rotatable bonds is 4. The lowest BCUT2D eigenvalue weighted by molar-refractivity contribution is 0.154. The van der Waals surface area contributed by atoms with Gasteiger partial charge in [0.25, 0.3) is 0 Å². The average molecular weight is 298 g/mol. The summed E-state index contributed by atoms with van der Waals surface area (Å²) in [5, 5.41) is 2.84. The third-order valence-corrected chi connectivity index (χ3v) is 5.56. The molecule has 0 unspecified atom stereocenters. The van der Waals surface area contributed by atoms with E-state index in [-0.39, 0.29) is 4.90 Å². The molecule has 0 spiro atoms. The Morgan fingerprint density at radius 2 is 1.90 bits per heavy atom. The van der Waals surface area contributed by atoms with Crippen LogP contribution >= 0.6 is 0 Å². The molecule has 0 atom stereocenters. The highest BCUT2D eigenvalue weighted by Gasteiger charge is 2.30. The van der Waals surface area contributed by atoms with Gasteiger partial charge >= 0.3 is 0 Å². The second-order valence-electron chi connectivity index (χ2n) is 5.13. The molecule has 1 aliphatic rings. The van der Waals surface area contributed by atoms with Crippen molar-refractivity contribution < 1.29 is 8.42 Å². The van der Waals surface area contributed by atoms with Crippen LogP contribution < -0.4 is 5.32 Å². The van der Waals surface area contributed by atoms with E-state index in [9.17, 15) is 8.42 Å². The van der Waals surface area contributed by atoms with E-state index >= 15 is 0 Å². The summed E-state index contributed by atoms with van der Waals surface area (Å²) < 4.78 is 26.9. The predicted octanol–water partition coefficient (Wildman–Crippen LogP) is 0.838. The Kier molecular flexibility index (Phi) is 4.62. The molecule has 1 N–H and O–H groups in total. The summed E-state index contributed by atoms with van der Waals surface area (Å²) in [4.78, 5) is 6.61. The maximum Gasteiger partial charge on any atom is 0.246 e. The molecule has 2 rings (SSSR count). The maximum absolute atomic E-state index is 12.7. The lowest BCUT2D eigenvalue weighted by Gasteiger charge is -2.36. The van der Waals surface area contributed by atoms with Crippen molar-refractivity contribution in [2.75, 3.05) is 38.5 Å². The molecular formula is C13H22N4O2S. The van der Waals surface area contributed by atoms with Gasteiger partial charge in [-0.15, -0.1) is 0 Å². The van der Waals surface area contributed by atoms with Crippen LogP contribution in [0.3, 0.4) is 0 Å². The average Bonchev–Trinajstić information content (AvgIpc) is 2.47. The minimum absolute atomic E-state index is 0.250. The smallest absolute Gasteiger partial charge is 0.246 e. The van der Waals surface area contributed by atoms with Gasteiger partial charge in [-0.3, -0.25) is 4.90 Å². The third kappa shape index (κ3) is 2.94. The van der Waals surface area contributed by atoms with Gasteiger partial charge < -0.3 is 5.32 Å². The van der Waals surface area contributed by atoms with Crippen molar-refractivity contribution in [1.82, 2.24) is 14.2 Å². The van der Waals surface area contributed by atoms with Crippen LogP contribution in [-0.2, 0) is 10.0 Å². The van der Waals surface area contributed by atoms with E-state index in [1.54, 1.807) is 29.7 Å². The largest absolute Gasteiger partial charge is 0.372 e. The first kappa shape index (κ1) is 15.2. The van der Waals surface area contributed by atoms with E-state index in [0.717, 1.165) is 13.1 Å². The van der Waals surface area contributed by atoms with Crippen LogP contribution in [0.25, 0.3) is 0 Å². The highest BCUT2D eigenvalue weighted by molar-refractivity contribution is 7.89. The second-order valence-corrected chi connectivity index (χ2v) is 7.04. The number of nitrogens with one attached hydrogen (secondary N) is 1. The number of anilines is 1. The van der Waals surface area contributed by atoms with Gasteiger partial charge in [0.2, 0.25) is 10.0 Å². The van der Waals surface area contributed by atoms with Crippen LogP contribution in [0.1, 0.15) is 13.8 Å². The Morgan fingerprint density at radius 1 is 1.25 bits per heavy atom. The quantitative estimate of drug-likeness (QED) is 0.892. The fourth-order valence-electron chi connectivity index (χ4n) is 2.39. The van der Waals surface area contributed by atoms with Crippen LogP contribution in [0.5, 0.6) is 0 Å². The molecule has 7 heteroatoms. The Morgan fingerprint density at radius 3 is 2.45 bits per heavy atom. The van der Waals surface area contributed by atoms with Gasteiger partial charge in [0, 0.05) is 45.5 Å². The van der Waals surface area contributed by atoms with Gasteiger partial charge in [-0.2, -0.15) is 4.31 Å². The van der Waals surface area contributed by atoms with Crippen molar-refractivity contribution in [3.05, 3.63) is 18.3 Å². The molecule has 0 aromatic carbocycles. The molecule has 2 heterocycles. The molecule has 0 saturated carbocycles. The molecule has 0 bridgehead atoms. The Balaban J connectivity index is 2.20. The number of piperazine rings is 1. The zero-order valence-electron chi connectivity index (χ0n) is 12.2. The van der Waals surface area contributed by atoms with Gasteiger partial charge in [-0.25, -0.2) is 13.4 Å². The molecule has 1 aromatic heterocycles. The standard InChI is InChI=1S/C13H22N4O2S/c1-11(2)16-7-9-17(10-8-16)20(18,19)12-5-4-6-15-13(12)14-3/h4-6,11H,7-10H2,1-3H3,(H,14,15). The second kappa shape index (κ2) is 6.07. The van der Waals surface area contributed by atoms with Gasteiger partial charge in [-0.1, -0.05) is 0 Å². The molecule has 0 aliphatic carbocycles. The molecule has 20 heavy (non-hydrogen) atoms. The predicted molar refractivity (Wildman–Crippen MR) is 79.3 cm³/mol. The zero-order chi connectivity index (χ0) is 14.8. The molecule has 0 amide bonds. The van der Waals surface area contributed by atoms with E-state index in [1.807, 2.05) is 0 Å². The maximum atomic E-state index is 12.7. The number of pyridine rings is 1. The molecular weight excluding hydrogens is 276 g/mol. The van der Waals surface area contributed by atoms with Crippen LogP contribution in [0.15, 0.2) is 23.2 Å².